The number of carbonyl (C=O) groups is 1. The molecule has 1 N–H and O–H groups in total. The standard InChI is InChI=1S/C22H29FN2O2/c1-16-9-11-25(12-10-16)20(21-8-5-13-27-21)15-24-22(26)17(2)14-18-6-3-4-7-19(18)23/h3-8,13,16-17,20H,9-12,14-15H2,1-2H3,(H,24,26). The summed E-state index contributed by atoms with van der Waals surface area (Å²) in [4.78, 5) is 15.0. The number of amides is 1. The fraction of sp³-hybridized carbons (Fsp3) is 0.500. The van der Waals surface area contributed by atoms with Gasteiger partial charge in [0.1, 0.15) is 11.6 Å². The highest BCUT2D eigenvalue weighted by Crippen LogP contribution is 2.26. The number of likely N-dealkylation sites (tertiary alicyclic amines) is 1. The van der Waals surface area contributed by atoms with E-state index in [2.05, 4.69) is 17.1 Å². The monoisotopic (exact) mass is 372 g/mol. The highest BCUT2D eigenvalue weighted by Gasteiger charge is 2.27. The quantitative estimate of drug-likeness (QED) is 0.793. The van der Waals surface area contributed by atoms with Crippen LogP contribution < -0.4 is 5.32 Å². The van der Waals surface area contributed by atoms with Crippen LogP contribution in [-0.4, -0.2) is 30.4 Å². The van der Waals surface area contributed by atoms with Crippen LogP contribution in [0.5, 0.6) is 0 Å². The van der Waals surface area contributed by atoms with E-state index in [4.69, 9.17) is 4.42 Å². The van der Waals surface area contributed by atoms with Gasteiger partial charge in [0.05, 0.1) is 12.3 Å². The number of hydrogen-bond acceptors (Lipinski definition) is 3. The van der Waals surface area contributed by atoms with E-state index in [1.54, 1.807) is 24.5 Å². The van der Waals surface area contributed by atoms with Crippen molar-refractivity contribution in [3.8, 4) is 0 Å². The Balaban J connectivity index is 1.59. The molecule has 0 aliphatic carbocycles. The second-order valence-corrected chi connectivity index (χ2v) is 7.69. The Hall–Kier alpha value is -2.14. The molecule has 0 saturated carbocycles. The van der Waals surface area contributed by atoms with Crippen LogP contribution in [0, 0.1) is 17.7 Å². The van der Waals surface area contributed by atoms with Crippen LogP contribution in [0.15, 0.2) is 47.1 Å². The Morgan fingerprint density at radius 3 is 2.67 bits per heavy atom. The van der Waals surface area contributed by atoms with Crippen molar-refractivity contribution in [3.63, 3.8) is 0 Å². The summed E-state index contributed by atoms with van der Waals surface area (Å²) in [5.41, 5.74) is 0.577. The van der Waals surface area contributed by atoms with Crippen molar-refractivity contribution in [2.24, 2.45) is 11.8 Å². The summed E-state index contributed by atoms with van der Waals surface area (Å²) in [5.74, 6) is 1.02. The SMILES string of the molecule is CC1CCN(C(CNC(=O)C(C)Cc2ccccc2F)c2ccco2)CC1. The molecule has 0 bridgehead atoms. The Morgan fingerprint density at radius 2 is 2.00 bits per heavy atom. The number of rotatable bonds is 7. The molecule has 27 heavy (non-hydrogen) atoms. The summed E-state index contributed by atoms with van der Waals surface area (Å²) in [5, 5.41) is 3.06. The first-order valence-corrected chi connectivity index (χ1v) is 9.83. The highest BCUT2D eigenvalue weighted by molar-refractivity contribution is 5.78. The van der Waals surface area contributed by atoms with Crippen molar-refractivity contribution in [1.82, 2.24) is 10.2 Å². The van der Waals surface area contributed by atoms with Crippen LogP contribution >= 0.6 is 0 Å². The van der Waals surface area contributed by atoms with E-state index in [1.165, 1.54) is 6.07 Å². The van der Waals surface area contributed by atoms with E-state index < -0.39 is 0 Å². The Morgan fingerprint density at radius 1 is 1.26 bits per heavy atom. The first-order chi connectivity index (χ1) is 13.0. The molecule has 146 valence electrons. The van der Waals surface area contributed by atoms with Crippen molar-refractivity contribution >= 4 is 5.91 Å². The van der Waals surface area contributed by atoms with Crippen molar-refractivity contribution in [3.05, 3.63) is 59.8 Å². The molecular formula is C22H29FN2O2. The van der Waals surface area contributed by atoms with Gasteiger partial charge in [-0.15, -0.1) is 0 Å². The molecular weight excluding hydrogens is 343 g/mol. The van der Waals surface area contributed by atoms with E-state index in [0.717, 1.165) is 37.6 Å². The highest BCUT2D eigenvalue weighted by atomic mass is 19.1. The number of halogens is 1. The lowest BCUT2D eigenvalue weighted by Crippen LogP contribution is -2.43. The van der Waals surface area contributed by atoms with Gasteiger partial charge in [-0.3, -0.25) is 9.69 Å². The van der Waals surface area contributed by atoms with Crippen molar-refractivity contribution in [2.75, 3.05) is 19.6 Å². The number of furan rings is 1. The number of hydrogen-bond donors (Lipinski definition) is 1. The minimum Gasteiger partial charge on any atom is -0.468 e. The van der Waals surface area contributed by atoms with Crippen LogP contribution in [-0.2, 0) is 11.2 Å². The molecule has 4 nitrogen and oxygen atoms in total. The van der Waals surface area contributed by atoms with Crippen LogP contribution in [0.25, 0.3) is 0 Å². The molecule has 1 fully saturated rings. The predicted octanol–water partition coefficient (Wildman–Crippen LogP) is 4.19. The zero-order valence-electron chi connectivity index (χ0n) is 16.2. The number of nitrogens with one attached hydrogen (secondary N) is 1. The van der Waals surface area contributed by atoms with E-state index in [1.807, 2.05) is 19.1 Å². The third-order valence-corrected chi connectivity index (χ3v) is 5.53. The first kappa shape index (κ1) is 19.6. The zero-order chi connectivity index (χ0) is 19.2. The molecule has 1 aromatic heterocycles. The summed E-state index contributed by atoms with van der Waals surface area (Å²) in [6.07, 6.45) is 4.40. The maximum Gasteiger partial charge on any atom is 0.223 e. The minimum absolute atomic E-state index is 0.0390. The maximum atomic E-state index is 13.8. The average Bonchev–Trinajstić information content (AvgIpc) is 3.19. The summed E-state index contributed by atoms with van der Waals surface area (Å²) in [6.45, 7) is 6.64. The topological polar surface area (TPSA) is 45.5 Å². The average molecular weight is 372 g/mol. The van der Waals surface area contributed by atoms with Crippen LogP contribution in [0.2, 0.25) is 0 Å². The summed E-state index contributed by atoms with van der Waals surface area (Å²) in [6, 6.07) is 10.5. The van der Waals surface area contributed by atoms with Gasteiger partial charge in [-0.05, 0) is 62.0 Å². The molecule has 0 radical (unpaired) electrons. The summed E-state index contributed by atoms with van der Waals surface area (Å²) < 4.78 is 19.5. The Labute approximate surface area is 160 Å². The van der Waals surface area contributed by atoms with Gasteiger partial charge >= 0.3 is 0 Å². The van der Waals surface area contributed by atoms with E-state index in [0.29, 0.717) is 18.5 Å². The first-order valence-electron chi connectivity index (χ1n) is 9.83. The lowest BCUT2D eigenvalue weighted by atomic mass is 9.97. The molecule has 1 amide bonds. The number of nitrogens with zero attached hydrogens (tertiary/aromatic N) is 1. The number of piperidine rings is 1. The van der Waals surface area contributed by atoms with E-state index in [-0.39, 0.29) is 23.7 Å². The normalized spacial score (nSPS) is 18.2. The summed E-state index contributed by atoms with van der Waals surface area (Å²) in [7, 11) is 0. The smallest absolute Gasteiger partial charge is 0.223 e. The number of benzene rings is 1. The third-order valence-electron chi connectivity index (χ3n) is 5.53. The molecule has 1 aliphatic rings. The van der Waals surface area contributed by atoms with Gasteiger partial charge in [0.25, 0.3) is 0 Å². The van der Waals surface area contributed by atoms with E-state index >= 15 is 0 Å². The van der Waals surface area contributed by atoms with Gasteiger partial charge in [0.15, 0.2) is 0 Å². The second-order valence-electron chi connectivity index (χ2n) is 7.69. The molecule has 2 heterocycles. The van der Waals surface area contributed by atoms with Crippen LogP contribution in [0.1, 0.15) is 44.1 Å². The lowest BCUT2D eigenvalue weighted by molar-refractivity contribution is -0.124. The molecule has 1 aromatic carbocycles. The van der Waals surface area contributed by atoms with Gasteiger partial charge in [-0.2, -0.15) is 0 Å². The van der Waals surface area contributed by atoms with Gasteiger partial charge in [-0.1, -0.05) is 32.0 Å². The van der Waals surface area contributed by atoms with Crippen LogP contribution in [0.4, 0.5) is 4.39 Å². The molecule has 1 aliphatic heterocycles. The molecule has 2 aromatic rings. The van der Waals surface area contributed by atoms with E-state index in [9.17, 15) is 9.18 Å². The fourth-order valence-electron chi connectivity index (χ4n) is 3.69. The zero-order valence-corrected chi connectivity index (χ0v) is 16.2. The largest absolute Gasteiger partial charge is 0.468 e. The molecule has 1 saturated heterocycles. The predicted molar refractivity (Wildman–Crippen MR) is 104 cm³/mol. The van der Waals surface area contributed by atoms with Crippen molar-refractivity contribution < 1.29 is 13.6 Å². The Kier molecular flexibility index (Phi) is 6.67. The van der Waals surface area contributed by atoms with Crippen molar-refractivity contribution in [2.45, 2.75) is 39.2 Å². The lowest BCUT2D eigenvalue weighted by Gasteiger charge is -2.36. The van der Waals surface area contributed by atoms with Gasteiger partial charge in [0, 0.05) is 12.5 Å². The van der Waals surface area contributed by atoms with Crippen molar-refractivity contribution in [1.29, 1.82) is 0 Å². The maximum absolute atomic E-state index is 13.8. The minimum atomic E-state index is -0.291. The van der Waals surface area contributed by atoms with Gasteiger partial charge in [-0.25, -0.2) is 4.39 Å². The number of carbonyl (C=O) groups excluding carboxylic acids is 1. The fourth-order valence-corrected chi connectivity index (χ4v) is 3.69. The van der Waals surface area contributed by atoms with Gasteiger partial charge in [0.2, 0.25) is 5.91 Å². The molecule has 0 spiro atoms. The molecule has 5 heteroatoms. The molecule has 2 atom stereocenters. The molecule has 2 unspecified atom stereocenters. The second kappa shape index (κ2) is 9.18. The third kappa shape index (κ3) is 5.19. The Bertz CT molecular complexity index is 724. The van der Waals surface area contributed by atoms with Crippen LogP contribution in [0.3, 0.4) is 0 Å². The molecule has 3 rings (SSSR count). The summed E-state index contributed by atoms with van der Waals surface area (Å²) >= 11 is 0. The van der Waals surface area contributed by atoms with Gasteiger partial charge < -0.3 is 9.73 Å².